The first-order valence-electron chi connectivity index (χ1n) is 5.39. The lowest BCUT2D eigenvalue weighted by atomic mass is 9.89. The fourth-order valence-electron chi connectivity index (χ4n) is 1.65. The number of rotatable bonds is 5. The number of nitro groups is 1. The molecule has 0 saturated carbocycles. The summed E-state index contributed by atoms with van der Waals surface area (Å²) in [6.07, 6.45) is 0.309. The zero-order chi connectivity index (χ0) is 13.7. The number of carbonyl (C=O) groups is 1. The van der Waals surface area contributed by atoms with E-state index in [1.54, 1.807) is 6.92 Å². The molecule has 1 rings (SSSR count). The zero-order valence-corrected chi connectivity index (χ0v) is 9.87. The van der Waals surface area contributed by atoms with Crippen molar-refractivity contribution in [1.82, 2.24) is 0 Å². The predicted octanol–water partition coefficient (Wildman–Crippen LogP) is 1.71. The van der Waals surface area contributed by atoms with Crippen molar-refractivity contribution in [3.8, 4) is 6.07 Å². The number of non-ortho nitro benzene ring substituents is 1. The van der Waals surface area contributed by atoms with E-state index >= 15 is 0 Å². The number of hydrogen-bond donors (Lipinski definition) is 1. The van der Waals surface area contributed by atoms with Crippen molar-refractivity contribution in [1.29, 1.82) is 5.26 Å². The second-order valence-corrected chi connectivity index (χ2v) is 4.07. The monoisotopic (exact) mass is 247 g/mol. The first-order valence-corrected chi connectivity index (χ1v) is 5.39. The molecule has 0 aliphatic rings. The molecular formula is C12H13N3O3. The lowest BCUT2D eigenvalue weighted by Crippen LogP contribution is -2.23. The van der Waals surface area contributed by atoms with Crippen LogP contribution in [0.2, 0.25) is 0 Å². The summed E-state index contributed by atoms with van der Waals surface area (Å²) in [6, 6.07) is 7.67. The van der Waals surface area contributed by atoms with E-state index < -0.39 is 16.7 Å². The molecular weight excluding hydrogens is 234 g/mol. The van der Waals surface area contributed by atoms with E-state index in [1.165, 1.54) is 24.3 Å². The summed E-state index contributed by atoms with van der Waals surface area (Å²) in [7, 11) is 0. The lowest BCUT2D eigenvalue weighted by Gasteiger charge is -2.14. The topological polar surface area (TPSA) is 110 Å². The summed E-state index contributed by atoms with van der Waals surface area (Å²) >= 11 is 0. The van der Waals surface area contributed by atoms with E-state index in [9.17, 15) is 14.9 Å². The Kier molecular flexibility index (Phi) is 4.38. The van der Waals surface area contributed by atoms with Crippen LogP contribution in [0, 0.1) is 27.4 Å². The highest BCUT2D eigenvalue weighted by Gasteiger charge is 2.21. The Morgan fingerprint density at radius 1 is 1.50 bits per heavy atom. The standard InChI is InChI=1S/C12H13N3O3/c1-8(7-13)6-11(12(14)16)9-2-4-10(5-3-9)15(17)18/h2-5,8,11H,6H2,1H3,(H2,14,16). The molecule has 0 saturated heterocycles. The van der Waals surface area contributed by atoms with Crippen LogP contribution >= 0.6 is 0 Å². The van der Waals surface area contributed by atoms with Gasteiger partial charge in [-0.15, -0.1) is 0 Å². The molecule has 0 aliphatic heterocycles. The molecule has 0 fully saturated rings. The van der Waals surface area contributed by atoms with E-state index in [0.717, 1.165) is 0 Å². The molecule has 1 amide bonds. The summed E-state index contributed by atoms with van der Waals surface area (Å²) in [6.45, 7) is 1.70. The van der Waals surface area contributed by atoms with E-state index in [4.69, 9.17) is 11.0 Å². The van der Waals surface area contributed by atoms with Crippen LogP contribution < -0.4 is 5.73 Å². The van der Waals surface area contributed by atoms with Crippen molar-refractivity contribution >= 4 is 11.6 Å². The molecule has 0 radical (unpaired) electrons. The van der Waals surface area contributed by atoms with Crippen LogP contribution in [-0.4, -0.2) is 10.8 Å². The van der Waals surface area contributed by atoms with Crippen LogP contribution in [0.3, 0.4) is 0 Å². The number of primary amides is 1. The summed E-state index contributed by atoms with van der Waals surface area (Å²) < 4.78 is 0. The van der Waals surface area contributed by atoms with Gasteiger partial charge in [-0.1, -0.05) is 12.1 Å². The Bertz CT molecular complexity index is 490. The summed E-state index contributed by atoms with van der Waals surface area (Å²) in [4.78, 5) is 21.3. The maximum absolute atomic E-state index is 11.3. The van der Waals surface area contributed by atoms with Gasteiger partial charge in [-0.3, -0.25) is 14.9 Å². The zero-order valence-electron chi connectivity index (χ0n) is 9.87. The molecule has 1 aromatic carbocycles. The fourth-order valence-corrected chi connectivity index (χ4v) is 1.65. The van der Waals surface area contributed by atoms with Crippen molar-refractivity contribution in [3.63, 3.8) is 0 Å². The minimum atomic E-state index is -0.597. The van der Waals surface area contributed by atoms with Crippen molar-refractivity contribution < 1.29 is 9.72 Å². The molecule has 0 aromatic heterocycles. The number of nitrogens with zero attached hydrogens (tertiary/aromatic N) is 2. The van der Waals surface area contributed by atoms with E-state index in [-0.39, 0.29) is 11.6 Å². The smallest absolute Gasteiger partial charge is 0.269 e. The highest BCUT2D eigenvalue weighted by molar-refractivity contribution is 5.82. The van der Waals surface area contributed by atoms with E-state index in [0.29, 0.717) is 12.0 Å². The second-order valence-electron chi connectivity index (χ2n) is 4.07. The van der Waals surface area contributed by atoms with Gasteiger partial charge in [-0.2, -0.15) is 5.26 Å². The van der Waals surface area contributed by atoms with Crippen LogP contribution in [-0.2, 0) is 4.79 Å². The molecule has 2 atom stereocenters. The lowest BCUT2D eigenvalue weighted by molar-refractivity contribution is -0.384. The van der Waals surface area contributed by atoms with Crippen LogP contribution in [0.25, 0.3) is 0 Å². The van der Waals surface area contributed by atoms with Gasteiger partial charge in [0.25, 0.3) is 5.69 Å². The van der Waals surface area contributed by atoms with Gasteiger partial charge in [0.15, 0.2) is 0 Å². The van der Waals surface area contributed by atoms with Gasteiger partial charge >= 0.3 is 0 Å². The van der Waals surface area contributed by atoms with Crippen molar-refractivity contribution in [2.24, 2.45) is 11.7 Å². The largest absolute Gasteiger partial charge is 0.369 e. The molecule has 0 heterocycles. The molecule has 2 unspecified atom stereocenters. The number of nitrogens with two attached hydrogens (primary N) is 1. The number of benzene rings is 1. The number of nitriles is 1. The Hall–Kier alpha value is -2.42. The summed E-state index contributed by atoms with van der Waals surface area (Å²) in [5.74, 6) is -1.44. The van der Waals surface area contributed by atoms with Crippen molar-refractivity contribution in [3.05, 3.63) is 39.9 Å². The molecule has 0 aliphatic carbocycles. The number of amides is 1. The van der Waals surface area contributed by atoms with Crippen LogP contribution in [0.4, 0.5) is 5.69 Å². The molecule has 0 spiro atoms. The Labute approximate surface area is 104 Å². The third kappa shape index (κ3) is 3.28. The minimum absolute atomic E-state index is 0.0460. The molecule has 1 aromatic rings. The maximum atomic E-state index is 11.3. The fraction of sp³-hybridized carbons (Fsp3) is 0.333. The molecule has 2 N–H and O–H groups in total. The van der Waals surface area contributed by atoms with Crippen LogP contribution in [0.5, 0.6) is 0 Å². The Balaban J connectivity index is 2.97. The summed E-state index contributed by atoms with van der Waals surface area (Å²) in [5, 5.41) is 19.2. The Morgan fingerprint density at radius 2 is 2.06 bits per heavy atom. The molecule has 6 nitrogen and oxygen atoms in total. The van der Waals surface area contributed by atoms with Gasteiger partial charge in [0.05, 0.1) is 16.9 Å². The van der Waals surface area contributed by atoms with Crippen LogP contribution in [0.1, 0.15) is 24.8 Å². The third-order valence-corrected chi connectivity index (χ3v) is 2.66. The third-order valence-electron chi connectivity index (χ3n) is 2.66. The van der Waals surface area contributed by atoms with Gasteiger partial charge in [0.1, 0.15) is 0 Å². The average molecular weight is 247 g/mol. The number of carbonyl (C=O) groups excluding carboxylic acids is 1. The highest BCUT2D eigenvalue weighted by atomic mass is 16.6. The number of hydrogen-bond acceptors (Lipinski definition) is 4. The molecule has 18 heavy (non-hydrogen) atoms. The van der Waals surface area contributed by atoms with Gasteiger partial charge in [0, 0.05) is 18.1 Å². The van der Waals surface area contributed by atoms with Gasteiger partial charge in [-0.05, 0) is 18.9 Å². The normalized spacial score (nSPS) is 13.3. The first kappa shape index (κ1) is 13.6. The van der Waals surface area contributed by atoms with Gasteiger partial charge < -0.3 is 5.73 Å². The highest BCUT2D eigenvalue weighted by Crippen LogP contribution is 2.25. The SMILES string of the molecule is CC(C#N)CC(C(N)=O)c1ccc([N+](=O)[O-])cc1. The predicted molar refractivity (Wildman–Crippen MR) is 64.4 cm³/mol. The number of nitro benzene ring substituents is 1. The Morgan fingerprint density at radius 3 is 2.44 bits per heavy atom. The average Bonchev–Trinajstić information content (AvgIpc) is 2.35. The molecule has 94 valence electrons. The maximum Gasteiger partial charge on any atom is 0.269 e. The summed E-state index contributed by atoms with van der Waals surface area (Å²) in [5.41, 5.74) is 5.83. The minimum Gasteiger partial charge on any atom is -0.369 e. The quantitative estimate of drug-likeness (QED) is 0.630. The first-order chi connectivity index (χ1) is 8.45. The van der Waals surface area contributed by atoms with E-state index in [1.807, 2.05) is 6.07 Å². The van der Waals surface area contributed by atoms with E-state index in [2.05, 4.69) is 0 Å². The van der Waals surface area contributed by atoms with Crippen molar-refractivity contribution in [2.75, 3.05) is 0 Å². The van der Waals surface area contributed by atoms with Crippen molar-refractivity contribution in [2.45, 2.75) is 19.3 Å². The molecule has 0 bridgehead atoms. The molecule has 6 heteroatoms. The van der Waals surface area contributed by atoms with Gasteiger partial charge in [0.2, 0.25) is 5.91 Å². The second kappa shape index (κ2) is 5.77. The van der Waals surface area contributed by atoms with Crippen LogP contribution in [0.15, 0.2) is 24.3 Å². The van der Waals surface area contributed by atoms with Gasteiger partial charge in [-0.25, -0.2) is 0 Å².